The van der Waals surface area contributed by atoms with Crippen LogP contribution in [0.2, 0.25) is 0 Å². The van der Waals surface area contributed by atoms with Crippen molar-refractivity contribution in [3.05, 3.63) is 48.2 Å². The van der Waals surface area contributed by atoms with Crippen molar-refractivity contribution in [1.29, 1.82) is 0 Å². The fourth-order valence-corrected chi connectivity index (χ4v) is 3.75. The van der Waals surface area contributed by atoms with Crippen LogP contribution in [-0.2, 0) is 0 Å². The Morgan fingerprint density at radius 2 is 1.89 bits per heavy atom. The van der Waals surface area contributed by atoms with E-state index in [1.807, 2.05) is 13.1 Å². The Kier molecular flexibility index (Phi) is 4.94. The van der Waals surface area contributed by atoms with Gasteiger partial charge in [-0.25, -0.2) is 9.97 Å². The maximum atomic E-state index is 4.63. The number of nitrogens with zero attached hydrogens (tertiary/aromatic N) is 3. The molecule has 27 heavy (non-hydrogen) atoms. The predicted octanol–water partition coefficient (Wildman–Crippen LogP) is 4.15. The van der Waals surface area contributed by atoms with Gasteiger partial charge in [-0.05, 0) is 69.6 Å². The Morgan fingerprint density at radius 1 is 1.07 bits per heavy atom. The van der Waals surface area contributed by atoms with Crippen LogP contribution < -0.4 is 10.6 Å². The monoisotopic (exact) mass is 361 g/mol. The van der Waals surface area contributed by atoms with Crippen molar-refractivity contribution in [3.63, 3.8) is 0 Å². The molecule has 0 aliphatic carbocycles. The number of anilines is 2. The molecule has 0 atom stereocenters. The van der Waals surface area contributed by atoms with Crippen LogP contribution in [0.5, 0.6) is 0 Å². The molecule has 3 aromatic rings. The second kappa shape index (κ2) is 7.53. The zero-order chi connectivity index (χ0) is 18.8. The maximum Gasteiger partial charge on any atom is 0.222 e. The Hall–Kier alpha value is -2.66. The lowest BCUT2D eigenvalue weighted by Gasteiger charge is -2.30. The number of aromatic nitrogens is 2. The number of hydrogen-bond acceptors (Lipinski definition) is 5. The molecule has 1 fully saturated rings. The average molecular weight is 361 g/mol. The molecule has 0 saturated carbocycles. The molecule has 0 amide bonds. The third-order valence-electron chi connectivity index (χ3n) is 5.36. The number of benzene rings is 2. The molecule has 1 aromatic heterocycles. The zero-order valence-electron chi connectivity index (χ0n) is 16.3. The van der Waals surface area contributed by atoms with Crippen LogP contribution in [0.25, 0.3) is 22.0 Å². The summed E-state index contributed by atoms with van der Waals surface area (Å²) in [5, 5.41) is 9.36. The summed E-state index contributed by atoms with van der Waals surface area (Å²) >= 11 is 0. The van der Waals surface area contributed by atoms with Gasteiger partial charge in [-0.1, -0.05) is 17.7 Å². The summed E-state index contributed by atoms with van der Waals surface area (Å²) in [6.45, 7) is 4.44. The number of nitrogens with one attached hydrogen (secondary N) is 2. The van der Waals surface area contributed by atoms with E-state index < -0.39 is 0 Å². The van der Waals surface area contributed by atoms with Crippen LogP contribution >= 0.6 is 0 Å². The molecule has 0 bridgehead atoms. The molecular formula is C22H27N5. The minimum absolute atomic E-state index is 0.512. The highest BCUT2D eigenvalue weighted by Crippen LogP contribution is 2.32. The Labute approximate surface area is 160 Å². The average Bonchev–Trinajstić information content (AvgIpc) is 2.70. The van der Waals surface area contributed by atoms with Gasteiger partial charge in [0.1, 0.15) is 0 Å². The van der Waals surface area contributed by atoms with Crippen molar-refractivity contribution in [1.82, 2.24) is 14.9 Å². The zero-order valence-corrected chi connectivity index (χ0v) is 16.3. The SMILES string of the molecule is CNc1nccc(-c2cc(NC3CCN(C)CC3)c3cc(C)ccc3c2)n1. The third kappa shape index (κ3) is 3.88. The number of hydrogen-bond donors (Lipinski definition) is 2. The fourth-order valence-electron chi connectivity index (χ4n) is 3.75. The van der Waals surface area contributed by atoms with Gasteiger partial charge in [-0.2, -0.15) is 0 Å². The fraction of sp³-hybridized carbons (Fsp3) is 0.364. The van der Waals surface area contributed by atoms with Crippen molar-refractivity contribution in [2.45, 2.75) is 25.8 Å². The van der Waals surface area contributed by atoms with E-state index in [9.17, 15) is 0 Å². The molecule has 1 aliphatic rings. The smallest absolute Gasteiger partial charge is 0.222 e. The molecule has 5 nitrogen and oxygen atoms in total. The van der Waals surface area contributed by atoms with Gasteiger partial charge >= 0.3 is 0 Å². The number of aryl methyl sites for hydroxylation is 1. The van der Waals surface area contributed by atoms with Crippen molar-refractivity contribution in [2.24, 2.45) is 0 Å². The first kappa shape index (κ1) is 17.7. The normalized spacial score (nSPS) is 15.8. The van der Waals surface area contributed by atoms with Crippen molar-refractivity contribution in [2.75, 3.05) is 37.8 Å². The molecule has 1 saturated heterocycles. The van der Waals surface area contributed by atoms with Crippen LogP contribution in [0.15, 0.2) is 42.6 Å². The standard InChI is InChI=1S/C22H27N5/c1-15-4-5-16-13-17(20-6-9-24-22(23-2)26-20)14-21(19(16)12-15)25-18-7-10-27(3)11-8-18/h4-6,9,12-14,18,25H,7-8,10-11H2,1-3H3,(H,23,24,26). The minimum Gasteiger partial charge on any atom is -0.382 e. The van der Waals surface area contributed by atoms with Gasteiger partial charge in [0, 0.05) is 35.9 Å². The van der Waals surface area contributed by atoms with E-state index >= 15 is 0 Å². The van der Waals surface area contributed by atoms with E-state index in [2.05, 4.69) is 69.8 Å². The summed E-state index contributed by atoms with van der Waals surface area (Å²) in [5.41, 5.74) is 4.52. The van der Waals surface area contributed by atoms with Crippen LogP contribution in [0.3, 0.4) is 0 Å². The lowest BCUT2D eigenvalue weighted by molar-refractivity contribution is 0.264. The maximum absolute atomic E-state index is 4.63. The van der Waals surface area contributed by atoms with Crippen molar-refractivity contribution in [3.8, 4) is 11.3 Å². The second-order valence-corrected chi connectivity index (χ2v) is 7.49. The van der Waals surface area contributed by atoms with Gasteiger partial charge < -0.3 is 15.5 Å². The van der Waals surface area contributed by atoms with Crippen LogP contribution in [-0.4, -0.2) is 48.1 Å². The summed E-state index contributed by atoms with van der Waals surface area (Å²) in [6.07, 6.45) is 4.15. The van der Waals surface area contributed by atoms with Gasteiger partial charge in [0.05, 0.1) is 5.69 Å². The molecular weight excluding hydrogens is 334 g/mol. The molecule has 2 aromatic carbocycles. The Morgan fingerprint density at radius 3 is 2.67 bits per heavy atom. The highest BCUT2D eigenvalue weighted by atomic mass is 15.1. The van der Waals surface area contributed by atoms with E-state index in [-0.39, 0.29) is 0 Å². The molecule has 1 aliphatic heterocycles. The van der Waals surface area contributed by atoms with Crippen molar-refractivity contribution < 1.29 is 0 Å². The van der Waals surface area contributed by atoms with Crippen molar-refractivity contribution >= 4 is 22.4 Å². The number of piperidine rings is 1. The third-order valence-corrected chi connectivity index (χ3v) is 5.36. The number of fused-ring (bicyclic) bond motifs is 1. The summed E-state index contributed by atoms with van der Waals surface area (Å²) in [5.74, 6) is 0.640. The molecule has 0 unspecified atom stereocenters. The minimum atomic E-state index is 0.512. The van der Waals surface area contributed by atoms with E-state index in [0.717, 1.165) is 24.3 Å². The highest BCUT2D eigenvalue weighted by molar-refractivity contribution is 5.98. The molecule has 140 valence electrons. The summed E-state index contributed by atoms with van der Waals surface area (Å²) in [7, 11) is 4.04. The van der Waals surface area contributed by atoms with E-state index in [1.54, 1.807) is 6.20 Å². The first-order valence-electron chi connectivity index (χ1n) is 9.63. The molecule has 5 heteroatoms. The molecule has 2 N–H and O–H groups in total. The first-order valence-corrected chi connectivity index (χ1v) is 9.63. The highest BCUT2D eigenvalue weighted by Gasteiger charge is 2.18. The predicted molar refractivity (Wildman–Crippen MR) is 113 cm³/mol. The van der Waals surface area contributed by atoms with Crippen LogP contribution in [0.1, 0.15) is 18.4 Å². The number of rotatable bonds is 4. The van der Waals surface area contributed by atoms with Crippen LogP contribution in [0.4, 0.5) is 11.6 Å². The lowest BCUT2D eigenvalue weighted by Crippen LogP contribution is -2.36. The molecule has 0 spiro atoms. The lowest BCUT2D eigenvalue weighted by atomic mass is 9.99. The molecule has 2 heterocycles. The van der Waals surface area contributed by atoms with Gasteiger partial charge in [0.15, 0.2) is 0 Å². The Bertz CT molecular complexity index is 945. The first-order chi connectivity index (χ1) is 13.1. The van der Waals surface area contributed by atoms with Gasteiger partial charge in [0.2, 0.25) is 5.95 Å². The van der Waals surface area contributed by atoms with Crippen LogP contribution in [0, 0.1) is 6.92 Å². The quantitative estimate of drug-likeness (QED) is 0.731. The summed E-state index contributed by atoms with van der Waals surface area (Å²) < 4.78 is 0. The molecule has 4 rings (SSSR count). The topological polar surface area (TPSA) is 53.1 Å². The van der Waals surface area contributed by atoms with E-state index in [1.165, 1.54) is 34.9 Å². The van der Waals surface area contributed by atoms with Gasteiger partial charge in [0.25, 0.3) is 0 Å². The molecule has 0 radical (unpaired) electrons. The largest absolute Gasteiger partial charge is 0.382 e. The summed E-state index contributed by atoms with van der Waals surface area (Å²) in [6, 6.07) is 13.6. The van der Waals surface area contributed by atoms with Gasteiger partial charge in [-0.3, -0.25) is 0 Å². The van der Waals surface area contributed by atoms with E-state index in [0.29, 0.717) is 12.0 Å². The van der Waals surface area contributed by atoms with E-state index in [4.69, 9.17) is 0 Å². The van der Waals surface area contributed by atoms with Gasteiger partial charge in [-0.15, -0.1) is 0 Å². The summed E-state index contributed by atoms with van der Waals surface area (Å²) in [4.78, 5) is 11.3. The number of likely N-dealkylation sites (tertiary alicyclic amines) is 1. The Balaban J connectivity index is 1.76. The second-order valence-electron chi connectivity index (χ2n) is 7.49.